The Kier molecular flexibility index (Phi) is 3.23. The molecule has 0 radical (unpaired) electrons. The Balaban J connectivity index is 2.24. The van der Waals surface area contributed by atoms with Gasteiger partial charge in [0.25, 0.3) is 0 Å². The van der Waals surface area contributed by atoms with Gasteiger partial charge in [0.05, 0.1) is 6.42 Å². The number of fused-ring (bicyclic) bond motifs is 1. The number of carboxylic acid groups (broad SMARTS) is 1. The SMILES string of the molecule is CC(C)(C)OC(=O)N1CC2(CC(=O)O)CC1(C(F)(F)F)C2. The molecule has 0 atom stereocenters. The first kappa shape index (κ1) is 15.9. The maximum atomic E-state index is 13.3. The van der Waals surface area contributed by atoms with Crippen molar-refractivity contribution in [3.05, 3.63) is 0 Å². The molecule has 0 aromatic heterocycles. The van der Waals surface area contributed by atoms with Crippen LogP contribution in [0.1, 0.15) is 40.0 Å². The maximum Gasteiger partial charge on any atom is 0.411 e. The normalized spacial score (nSPS) is 31.8. The number of halogens is 3. The smallest absolute Gasteiger partial charge is 0.411 e. The van der Waals surface area contributed by atoms with E-state index in [9.17, 15) is 22.8 Å². The molecular formula is C13H18F3NO4. The van der Waals surface area contributed by atoms with Crippen LogP contribution in [0, 0.1) is 5.41 Å². The van der Waals surface area contributed by atoms with Gasteiger partial charge in [0, 0.05) is 12.0 Å². The Bertz CT molecular complexity index is 475. The van der Waals surface area contributed by atoms with Crippen LogP contribution in [0.2, 0.25) is 0 Å². The van der Waals surface area contributed by atoms with Crippen LogP contribution in [-0.2, 0) is 9.53 Å². The minimum Gasteiger partial charge on any atom is -0.481 e. The van der Waals surface area contributed by atoms with E-state index in [0.29, 0.717) is 4.90 Å². The Labute approximate surface area is 120 Å². The molecule has 2 aliphatic heterocycles. The predicted octanol–water partition coefficient (Wildman–Crippen LogP) is 2.79. The molecule has 0 aromatic carbocycles. The van der Waals surface area contributed by atoms with Gasteiger partial charge in [0.15, 0.2) is 0 Å². The van der Waals surface area contributed by atoms with Crippen LogP contribution in [0.5, 0.6) is 0 Å². The number of aliphatic carboxylic acids is 1. The number of carbonyl (C=O) groups is 2. The number of carbonyl (C=O) groups excluding carboxylic acids is 1. The van der Waals surface area contributed by atoms with Crippen LogP contribution in [0.15, 0.2) is 0 Å². The summed E-state index contributed by atoms with van der Waals surface area (Å²) in [4.78, 5) is 23.5. The first-order valence-corrected chi connectivity index (χ1v) is 6.60. The lowest BCUT2D eigenvalue weighted by Crippen LogP contribution is -2.61. The van der Waals surface area contributed by atoms with Gasteiger partial charge in [0.2, 0.25) is 0 Å². The van der Waals surface area contributed by atoms with Crippen molar-refractivity contribution in [2.75, 3.05) is 6.54 Å². The van der Waals surface area contributed by atoms with E-state index in [0.717, 1.165) is 0 Å². The quantitative estimate of drug-likeness (QED) is 0.852. The lowest BCUT2D eigenvalue weighted by Gasteiger charge is -2.47. The summed E-state index contributed by atoms with van der Waals surface area (Å²) in [5.74, 6) is -1.16. The van der Waals surface area contributed by atoms with Crippen molar-refractivity contribution in [2.24, 2.45) is 5.41 Å². The lowest BCUT2D eigenvalue weighted by molar-refractivity contribution is -0.242. The highest BCUT2D eigenvalue weighted by Gasteiger charge is 2.77. The van der Waals surface area contributed by atoms with E-state index in [1.165, 1.54) is 0 Å². The second kappa shape index (κ2) is 4.27. The van der Waals surface area contributed by atoms with Crippen molar-refractivity contribution in [3.8, 4) is 0 Å². The highest BCUT2D eigenvalue weighted by molar-refractivity contribution is 5.73. The molecule has 21 heavy (non-hydrogen) atoms. The molecule has 1 amide bonds. The number of hydrogen-bond acceptors (Lipinski definition) is 3. The second-order valence-corrected chi connectivity index (χ2v) is 7.02. The van der Waals surface area contributed by atoms with Gasteiger partial charge in [-0.2, -0.15) is 13.2 Å². The van der Waals surface area contributed by atoms with Crippen LogP contribution in [0.3, 0.4) is 0 Å². The summed E-state index contributed by atoms with van der Waals surface area (Å²) in [6.07, 6.45) is -6.74. The third-order valence-electron chi connectivity index (χ3n) is 4.01. The number of hydrogen-bond donors (Lipinski definition) is 1. The molecule has 3 aliphatic rings. The van der Waals surface area contributed by atoms with E-state index in [1.54, 1.807) is 20.8 Å². The summed E-state index contributed by atoms with van der Waals surface area (Å²) in [5, 5.41) is 8.85. The van der Waals surface area contributed by atoms with Crippen molar-refractivity contribution >= 4 is 12.1 Å². The van der Waals surface area contributed by atoms with Crippen LogP contribution in [-0.4, -0.2) is 45.9 Å². The summed E-state index contributed by atoms with van der Waals surface area (Å²) in [7, 11) is 0. The lowest BCUT2D eigenvalue weighted by atomic mass is 9.60. The van der Waals surface area contributed by atoms with Gasteiger partial charge in [-0.05, 0) is 33.6 Å². The molecular weight excluding hydrogens is 291 g/mol. The molecule has 0 spiro atoms. The third kappa shape index (κ3) is 2.55. The molecule has 2 bridgehead atoms. The molecule has 8 heteroatoms. The summed E-state index contributed by atoms with van der Waals surface area (Å²) in [6.45, 7) is 4.48. The van der Waals surface area contributed by atoms with Gasteiger partial charge in [0.1, 0.15) is 11.1 Å². The Morgan fingerprint density at radius 2 is 1.76 bits per heavy atom. The van der Waals surface area contributed by atoms with Gasteiger partial charge in [-0.3, -0.25) is 9.69 Å². The average Bonchev–Trinajstić information content (AvgIpc) is 2.63. The fourth-order valence-electron chi connectivity index (χ4n) is 3.39. The maximum absolute atomic E-state index is 13.3. The van der Waals surface area contributed by atoms with Gasteiger partial charge in [-0.15, -0.1) is 0 Å². The van der Waals surface area contributed by atoms with E-state index in [-0.39, 0.29) is 25.8 Å². The van der Waals surface area contributed by atoms with E-state index >= 15 is 0 Å². The first-order chi connectivity index (χ1) is 9.30. The minimum absolute atomic E-state index is 0.228. The van der Waals surface area contributed by atoms with E-state index in [2.05, 4.69) is 0 Å². The Hall–Kier alpha value is -1.47. The van der Waals surface area contributed by atoms with Crippen LogP contribution in [0.25, 0.3) is 0 Å². The van der Waals surface area contributed by atoms with Gasteiger partial charge < -0.3 is 9.84 Å². The van der Waals surface area contributed by atoms with Crippen LogP contribution >= 0.6 is 0 Å². The van der Waals surface area contributed by atoms with Crippen LogP contribution in [0.4, 0.5) is 18.0 Å². The monoisotopic (exact) mass is 309 g/mol. The first-order valence-electron chi connectivity index (χ1n) is 6.60. The number of ether oxygens (including phenoxy) is 1. The molecule has 1 aliphatic carbocycles. The highest BCUT2D eigenvalue weighted by Crippen LogP contribution is 2.66. The number of nitrogens with zero attached hydrogens (tertiary/aromatic N) is 1. The second-order valence-electron chi connectivity index (χ2n) is 7.02. The van der Waals surface area contributed by atoms with E-state index in [4.69, 9.17) is 9.84 Å². The summed E-state index contributed by atoms with van der Waals surface area (Å²) in [6, 6.07) is 0. The molecule has 2 heterocycles. The molecule has 5 nitrogen and oxygen atoms in total. The van der Waals surface area contributed by atoms with Crippen LogP contribution < -0.4 is 0 Å². The molecule has 2 saturated heterocycles. The fraction of sp³-hybridized carbons (Fsp3) is 0.846. The van der Waals surface area contributed by atoms with Crippen molar-refractivity contribution in [1.29, 1.82) is 0 Å². The topological polar surface area (TPSA) is 66.8 Å². The standard InChI is InChI=1S/C13H18F3NO4/c1-10(2,3)21-9(20)17-7-11(4-8(18)19)5-12(17,6-11)13(14,15)16/h4-7H2,1-3H3,(H,18,19). The van der Waals surface area contributed by atoms with Gasteiger partial charge in [-0.25, -0.2) is 4.79 Å². The molecule has 0 aromatic rings. The number of carboxylic acids is 1. The molecule has 1 saturated carbocycles. The van der Waals surface area contributed by atoms with E-state index < -0.39 is 34.8 Å². The molecule has 3 fully saturated rings. The zero-order chi connectivity index (χ0) is 16.3. The molecule has 0 unspecified atom stereocenters. The van der Waals surface area contributed by atoms with Crippen molar-refractivity contribution < 1.29 is 32.6 Å². The Morgan fingerprint density at radius 1 is 1.24 bits per heavy atom. The van der Waals surface area contributed by atoms with Gasteiger partial charge in [-0.1, -0.05) is 0 Å². The van der Waals surface area contributed by atoms with Crippen molar-refractivity contribution in [1.82, 2.24) is 4.90 Å². The molecule has 1 N–H and O–H groups in total. The third-order valence-corrected chi connectivity index (χ3v) is 4.01. The summed E-state index contributed by atoms with van der Waals surface area (Å²) >= 11 is 0. The fourth-order valence-corrected chi connectivity index (χ4v) is 3.39. The highest BCUT2D eigenvalue weighted by atomic mass is 19.4. The predicted molar refractivity (Wildman–Crippen MR) is 65.6 cm³/mol. The average molecular weight is 309 g/mol. The zero-order valence-corrected chi connectivity index (χ0v) is 12.1. The number of amides is 1. The largest absolute Gasteiger partial charge is 0.481 e. The van der Waals surface area contributed by atoms with E-state index in [1.807, 2.05) is 0 Å². The number of rotatable bonds is 2. The Morgan fingerprint density at radius 3 is 2.14 bits per heavy atom. The van der Waals surface area contributed by atoms with Gasteiger partial charge >= 0.3 is 18.2 Å². The van der Waals surface area contributed by atoms with Crippen molar-refractivity contribution in [3.63, 3.8) is 0 Å². The van der Waals surface area contributed by atoms with Crippen molar-refractivity contribution in [2.45, 2.75) is 57.3 Å². The summed E-state index contributed by atoms with van der Waals surface area (Å²) in [5.41, 5.74) is -4.17. The minimum atomic E-state index is -4.59. The number of alkyl halides is 3. The zero-order valence-electron chi connectivity index (χ0n) is 12.1. The molecule has 3 rings (SSSR count). The molecule has 120 valence electrons. The summed E-state index contributed by atoms with van der Waals surface area (Å²) < 4.78 is 45.0.